The summed E-state index contributed by atoms with van der Waals surface area (Å²) in [5.41, 5.74) is 1.04. The highest BCUT2D eigenvalue weighted by molar-refractivity contribution is 6.32. The van der Waals surface area contributed by atoms with Crippen LogP contribution in [0.5, 0.6) is 11.5 Å². The maximum absolute atomic E-state index is 12.2. The molecule has 6 nitrogen and oxygen atoms in total. The van der Waals surface area contributed by atoms with Gasteiger partial charge >= 0.3 is 6.61 Å². The summed E-state index contributed by atoms with van der Waals surface area (Å²) in [4.78, 5) is 10.3. The molecule has 24 heavy (non-hydrogen) atoms. The number of anilines is 1. The van der Waals surface area contributed by atoms with Gasteiger partial charge in [-0.25, -0.2) is 0 Å². The number of rotatable bonds is 7. The number of hydrogen-bond acceptors (Lipinski definition) is 5. The Labute approximate surface area is 141 Å². The lowest BCUT2D eigenvalue weighted by molar-refractivity contribution is -0.384. The van der Waals surface area contributed by atoms with Crippen LogP contribution in [-0.4, -0.2) is 18.6 Å². The van der Waals surface area contributed by atoms with E-state index in [2.05, 4.69) is 10.1 Å². The topological polar surface area (TPSA) is 73.6 Å². The van der Waals surface area contributed by atoms with Crippen LogP contribution in [0.15, 0.2) is 36.4 Å². The van der Waals surface area contributed by atoms with Gasteiger partial charge in [0.25, 0.3) is 5.69 Å². The minimum Gasteiger partial charge on any atom is -0.496 e. The van der Waals surface area contributed by atoms with Crippen LogP contribution in [0, 0.1) is 10.1 Å². The van der Waals surface area contributed by atoms with E-state index in [9.17, 15) is 18.9 Å². The van der Waals surface area contributed by atoms with Gasteiger partial charge in [0.15, 0.2) is 0 Å². The number of methoxy groups -OCH3 is 1. The number of nitro groups is 1. The number of alkyl halides is 2. The van der Waals surface area contributed by atoms with E-state index in [1.54, 1.807) is 0 Å². The van der Waals surface area contributed by atoms with Crippen LogP contribution in [0.2, 0.25) is 5.02 Å². The summed E-state index contributed by atoms with van der Waals surface area (Å²) in [6.45, 7) is -2.74. The first-order chi connectivity index (χ1) is 11.4. The van der Waals surface area contributed by atoms with Crippen molar-refractivity contribution < 1.29 is 23.2 Å². The van der Waals surface area contributed by atoms with Crippen LogP contribution in [0.1, 0.15) is 5.56 Å². The summed E-state index contributed by atoms with van der Waals surface area (Å²) in [5.74, 6) is 0.349. The third-order valence-electron chi connectivity index (χ3n) is 3.11. The monoisotopic (exact) mass is 358 g/mol. The number of nitro benzene ring substituents is 1. The largest absolute Gasteiger partial charge is 0.496 e. The first kappa shape index (κ1) is 17.7. The van der Waals surface area contributed by atoms with Crippen molar-refractivity contribution in [1.82, 2.24) is 0 Å². The number of non-ortho nitro benzene ring substituents is 1. The molecule has 0 bridgehead atoms. The van der Waals surface area contributed by atoms with Crippen molar-refractivity contribution in [2.45, 2.75) is 13.2 Å². The molecule has 0 unspecified atom stereocenters. The van der Waals surface area contributed by atoms with Crippen LogP contribution < -0.4 is 14.8 Å². The van der Waals surface area contributed by atoms with E-state index in [1.807, 2.05) is 0 Å². The molecule has 1 N–H and O–H groups in total. The van der Waals surface area contributed by atoms with Gasteiger partial charge in [-0.3, -0.25) is 10.1 Å². The van der Waals surface area contributed by atoms with Gasteiger partial charge in [-0.15, -0.1) is 0 Å². The van der Waals surface area contributed by atoms with E-state index in [4.69, 9.17) is 16.3 Å². The second-order valence-electron chi connectivity index (χ2n) is 4.63. The maximum atomic E-state index is 12.2. The van der Waals surface area contributed by atoms with Gasteiger partial charge in [0.2, 0.25) is 0 Å². The third kappa shape index (κ3) is 4.45. The number of halogens is 3. The SMILES string of the molecule is COc1ccc([N+](=O)[O-])cc1CNc1ccc(OC(F)F)c(Cl)c1. The van der Waals surface area contributed by atoms with Gasteiger partial charge < -0.3 is 14.8 Å². The maximum Gasteiger partial charge on any atom is 0.387 e. The summed E-state index contributed by atoms with van der Waals surface area (Å²) in [5, 5.41) is 13.9. The van der Waals surface area contributed by atoms with Crippen molar-refractivity contribution in [3.63, 3.8) is 0 Å². The molecule has 0 spiro atoms. The molecule has 0 amide bonds. The van der Waals surface area contributed by atoms with Crippen LogP contribution in [0.4, 0.5) is 20.2 Å². The van der Waals surface area contributed by atoms with Crippen molar-refractivity contribution in [1.29, 1.82) is 0 Å². The number of nitrogens with zero attached hydrogens (tertiary/aromatic N) is 1. The fourth-order valence-electron chi connectivity index (χ4n) is 2.02. The van der Waals surface area contributed by atoms with Crippen LogP contribution in [0.25, 0.3) is 0 Å². The predicted molar refractivity (Wildman–Crippen MR) is 85.1 cm³/mol. The molecular formula is C15H13ClF2N2O4. The van der Waals surface area contributed by atoms with Crippen LogP contribution in [-0.2, 0) is 6.54 Å². The molecular weight excluding hydrogens is 346 g/mol. The number of benzene rings is 2. The minimum atomic E-state index is -2.96. The molecule has 0 atom stereocenters. The van der Waals surface area contributed by atoms with E-state index < -0.39 is 11.5 Å². The lowest BCUT2D eigenvalue weighted by atomic mass is 10.1. The van der Waals surface area contributed by atoms with Gasteiger partial charge in [-0.1, -0.05) is 11.6 Å². The molecule has 0 aliphatic rings. The van der Waals surface area contributed by atoms with E-state index >= 15 is 0 Å². The average Bonchev–Trinajstić information content (AvgIpc) is 2.54. The van der Waals surface area contributed by atoms with Gasteiger partial charge in [0.1, 0.15) is 11.5 Å². The minimum absolute atomic E-state index is 0.0197. The molecule has 2 aromatic carbocycles. The van der Waals surface area contributed by atoms with Crippen molar-refractivity contribution in [2.24, 2.45) is 0 Å². The highest BCUT2D eigenvalue weighted by atomic mass is 35.5. The predicted octanol–water partition coefficient (Wildman–Crippen LogP) is 4.47. The van der Waals surface area contributed by atoms with E-state index in [0.717, 1.165) is 0 Å². The fraction of sp³-hybridized carbons (Fsp3) is 0.200. The standard InChI is InChI=1S/C15H13ClF2N2O4/c1-23-13-5-3-11(20(21)22)6-9(13)8-19-10-2-4-14(12(16)7-10)24-15(17)18/h2-7,15,19H,8H2,1H3. The second-order valence-corrected chi connectivity index (χ2v) is 5.04. The zero-order valence-electron chi connectivity index (χ0n) is 12.5. The lowest BCUT2D eigenvalue weighted by Gasteiger charge is -2.12. The van der Waals surface area contributed by atoms with Crippen LogP contribution >= 0.6 is 11.6 Å². The molecule has 0 aliphatic heterocycles. The summed E-state index contributed by atoms with van der Waals surface area (Å²) in [7, 11) is 1.46. The fourth-order valence-corrected chi connectivity index (χ4v) is 2.24. The molecule has 0 saturated carbocycles. The Bertz CT molecular complexity index is 743. The first-order valence-electron chi connectivity index (χ1n) is 6.70. The van der Waals surface area contributed by atoms with Crippen LogP contribution in [0.3, 0.4) is 0 Å². The van der Waals surface area contributed by atoms with Crippen molar-refractivity contribution in [3.8, 4) is 11.5 Å². The summed E-state index contributed by atoms with van der Waals surface area (Å²) in [6.07, 6.45) is 0. The van der Waals surface area contributed by atoms with Crippen molar-refractivity contribution >= 4 is 23.0 Å². The quantitative estimate of drug-likeness (QED) is 0.584. The Morgan fingerprint density at radius 2 is 1.96 bits per heavy atom. The van der Waals surface area contributed by atoms with Gasteiger partial charge in [-0.05, 0) is 24.3 Å². The Kier molecular flexibility index (Phi) is 5.75. The zero-order valence-corrected chi connectivity index (χ0v) is 13.2. The van der Waals surface area contributed by atoms with E-state index in [0.29, 0.717) is 17.0 Å². The van der Waals surface area contributed by atoms with Gasteiger partial charge in [0, 0.05) is 29.9 Å². The smallest absolute Gasteiger partial charge is 0.387 e. The molecule has 0 fully saturated rings. The highest BCUT2D eigenvalue weighted by Gasteiger charge is 2.12. The highest BCUT2D eigenvalue weighted by Crippen LogP contribution is 2.30. The number of ether oxygens (including phenoxy) is 2. The first-order valence-corrected chi connectivity index (χ1v) is 7.08. The Hall–Kier alpha value is -2.61. The molecule has 128 valence electrons. The zero-order chi connectivity index (χ0) is 17.7. The van der Waals surface area contributed by atoms with E-state index in [-0.39, 0.29) is 23.0 Å². The average molecular weight is 359 g/mol. The Morgan fingerprint density at radius 1 is 1.25 bits per heavy atom. The van der Waals surface area contributed by atoms with Crippen molar-refractivity contribution in [3.05, 3.63) is 57.1 Å². The number of nitrogens with one attached hydrogen (secondary N) is 1. The van der Waals surface area contributed by atoms with E-state index in [1.165, 1.54) is 43.5 Å². The van der Waals surface area contributed by atoms with Crippen molar-refractivity contribution in [2.75, 3.05) is 12.4 Å². The van der Waals surface area contributed by atoms with Gasteiger partial charge in [0.05, 0.1) is 17.1 Å². The molecule has 0 heterocycles. The Morgan fingerprint density at radius 3 is 2.54 bits per heavy atom. The molecule has 0 saturated heterocycles. The molecule has 0 aliphatic carbocycles. The molecule has 2 aromatic rings. The summed E-state index contributed by atoms with van der Waals surface area (Å²) in [6, 6.07) is 8.47. The molecule has 9 heteroatoms. The lowest BCUT2D eigenvalue weighted by Crippen LogP contribution is -2.04. The molecule has 0 aromatic heterocycles. The Balaban J connectivity index is 2.14. The molecule has 0 radical (unpaired) electrons. The number of hydrogen-bond donors (Lipinski definition) is 1. The second kappa shape index (κ2) is 7.78. The summed E-state index contributed by atoms with van der Waals surface area (Å²) >= 11 is 5.87. The van der Waals surface area contributed by atoms with Gasteiger partial charge in [-0.2, -0.15) is 8.78 Å². The summed E-state index contributed by atoms with van der Waals surface area (Å²) < 4.78 is 33.8. The molecule has 2 rings (SSSR count). The normalized spacial score (nSPS) is 10.5. The third-order valence-corrected chi connectivity index (χ3v) is 3.40.